The van der Waals surface area contributed by atoms with Gasteiger partial charge in [0.05, 0.1) is 17.3 Å². The number of methoxy groups -OCH3 is 1. The van der Waals surface area contributed by atoms with Crippen LogP contribution in [0, 0.1) is 5.92 Å². The highest BCUT2D eigenvalue weighted by Crippen LogP contribution is 2.29. The molecule has 0 radical (unpaired) electrons. The van der Waals surface area contributed by atoms with Crippen LogP contribution in [0.1, 0.15) is 32.1 Å². The van der Waals surface area contributed by atoms with Gasteiger partial charge in [0.2, 0.25) is 0 Å². The fourth-order valence-electron chi connectivity index (χ4n) is 2.73. The molecule has 20 heavy (non-hydrogen) atoms. The highest BCUT2D eigenvalue weighted by atomic mass is 35.5. The minimum Gasteiger partial charge on any atom is -0.381 e. The first-order chi connectivity index (χ1) is 9.67. The van der Waals surface area contributed by atoms with Crippen LogP contribution in [0.2, 0.25) is 5.02 Å². The molecule has 0 amide bonds. The molecular formula is C14H20ClN3O2. The molecule has 0 aromatic carbocycles. The van der Waals surface area contributed by atoms with Crippen LogP contribution in [0.3, 0.4) is 0 Å². The molecule has 0 spiro atoms. The summed E-state index contributed by atoms with van der Waals surface area (Å²) in [6.07, 6.45) is 7.34. The summed E-state index contributed by atoms with van der Waals surface area (Å²) in [5.74, 6) is 0.593. The van der Waals surface area contributed by atoms with E-state index in [1.807, 2.05) is 0 Å². The SMILES string of the molecule is COC1CC(Nc2c(Cl)cnn(CC3CCC3)c2=O)C1. The molecule has 2 saturated carbocycles. The van der Waals surface area contributed by atoms with Crippen LogP contribution < -0.4 is 10.9 Å². The van der Waals surface area contributed by atoms with E-state index in [0.29, 0.717) is 29.3 Å². The standard InChI is InChI=1S/C14H20ClN3O2/c1-20-11-5-10(6-11)17-13-12(15)7-16-18(14(13)19)8-9-3-2-4-9/h7,9-11,17H,2-6,8H2,1H3. The first-order valence-corrected chi connectivity index (χ1v) is 7.60. The highest BCUT2D eigenvalue weighted by Gasteiger charge is 2.30. The molecule has 0 unspecified atom stereocenters. The van der Waals surface area contributed by atoms with Crippen LogP contribution in [-0.2, 0) is 11.3 Å². The van der Waals surface area contributed by atoms with Crippen molar-refractivity contribution in [3.8, 4) is 0 Å². The van der Waals surface area contributed by atoms with Crippen molar-refractivity contribution in [2.24, 2.45) is 5.92 Å². The van der Waals surface area contributed by atoms with Crippen LogP contribution in [-0.4, -0.2) is 29.0 Å². The lowest BCUT2D eigenvalue weighted by Crippen LogP contribution is -2.42. The molecule has 0 saturated heterocycles. The first-order valence-electron chi connectivity index (χ1n) is 7.22. The molecule has 2 fully saturated rings. The van der Waals surface area contributed by atoms with Crippen LogP contribution in [0.25, 0.3) is 0 Å². The van der Waals surface area contributed by atoms with Crippen molar-refractivity contribution in [1.82, 2.24) is 9.78 Å². The van der Waals surface area contributed by atoms with E-state index >= 15 is 0 Å². The van der Waals surface area contributed by atoms with Gasteiger partial charge in [-0.05, 0) is 31.6 Å². The van der Waals surface area contributed by atoms with Crippen LogP contribution >= 0.6 is 11.6 Å². The lowest BCUT2D eigenvalue weighted by Gasteiger charge is -2.35. The second-order valence-electron chi connectivity index (χ2n) is 5.82. The van der Waals surface area contributed by atoms with Gasteiger partial charge >= 0.3 is 0 Å². The molecule has 0 bridgehead atoms. The Hall–Kier alpha value is -1.07. The summed E-state index contributed by atoms with van der Waals surface area (Å²) in [5, 5.41) is 7.80. The van der Waals surface area contributed by atoms with Crippen molar-refractivity contribution in [2.75, 3.05) is 12.4 Å². The normalized spacial score (nSPS) is 25.9. The number of nitrogens with one attached hydrogen (secondary N) is 1. The van der Waals surface area contributed by atoms with Gasteiger partial charge in [-0.15, -0.1) is 0 Å². The largest absolute Gasteiger partial charge is 0.381 e. The van der Waals surface area contributed by atoms with Crippen molar-refractivity contribution in [1.29, 1.82) is 0 Å². The van der Waals surface area contributed by atoms with Crippen molar-refractivity contribution >= 4 is 17.3 Å². The number of hydrogen-bond donors (Lipinski definition) is 1. The van der Waals surface area contributed by atoms with E-state index < -0.39 is 0 Å². The second kappa shape index (κ2) is 5.74. The zero-order valence-corrected chi connectivity index (χ0v) is 12.4. The summed E-state index contributed by atoms with van der Waals surface area (Å²) in [4.78, 5) is 12.4. The van der Waals surface area contributed by atoms with Crippen molar-refractivity contribution in [3.05, 3.63) is 21.6 Å². The van der Waals surface area contributed by atoms with Gasteiger partial charge in [-0.1, -0.05) is 18.0 Å². The van der Waals surface area contributed by atoms with Gasteiger partial charge in [0.15, 0.2) is 0 Å². The number of rotatable bonds is 5. The average molecular weight is 298 g/mol. The Bertz CT molecular complexity index is 536. The van der Waals surface area contributed by atoms with Crippen LogP contribution in [0.4, 0.5) is 5.69 Å². The summed E-state index contributed by atoms with van der Waals surface area (Å²) >= 11 is 6.11. The Labute approximate surface area is 123 Å². The third-order valence-corrected chi connectivity index (χ3v) is 4.72. The fraction of sp³-hybridized carbons (Fsp3) is 0.714. The molecule has 2 aliphatic rings. The molecule has 0 aliphatic heterocycles. The molecule has 6 heteroatoms. The van der Waals surface area contributed by atoms with Crippen molar-refractivity contribution in [2.45, 2.75) is 50.8 Å². The lowest BCUT2D eigenvalue weighted by atomic mass is 9.85. The fourth-order valence-corrected chi connectivity index (χ4v) is 2.91. The summed E-state index contributed by atoms with van der Waals surface area (Å²) in [6.45, 7) is 0.704. The van der Waals surface area contributed by atoms with Gasteiger partial charge < -0.3 is 10.1 Å². The smallest absolute Gasteiger partial charge is 0.291 e. The van der Waals surface area contributed by atoms with E-state index in [0.717, 1.165) is 12.8 Å². The topological polar surface area (TPSA) is 56.1 Å². The van der Waals surface area contributed by atoms with Gasteiger partial charge in [-0.25, -0.2) is 4.68 Å². The molecule has 1 aromatic rings. The Morgan fingerprint density at radius 1 is 1.50 bits per heavy atom. The number of halogens is 1. The minimum atomic E-state index is -0.106. The van der Waals surface area contributed by atoms with Crippen molar-refractivity contribution in [3.63, 3.8) is 0 Å². The number of ether oxygens (including phenoxy) is 1. The Morgan fingerprint density at radius 2 is 2.25 bits per heavy atom. The Balaban J connectivity index is 1.72. The summed E-state index contributed by atoms with van der Waals surface area (Å²) in [5.41, 5.74) is 0.380. The molecular weight excluding hydrogens is 278 g/mol. The summed E-state index contributed by atoms with van der Waals surface area (Å²) in [6, 6.07) is 0.268. The Morgan fingerprint density at radius 3 is 2.85 bits per heavy atom. The number of anilines is 1. The maximum absolute atomic E-state index is 12.4. The molecule has 1 aromatic heterocycles. The van der Waals surface area contributed by atoms with Gasteiger partial charge in [0.25, 0.3) is 5.56 Å². The van der Waals surface area contributed by atoms with Gasteiger partial charge in [0.1, 0.15) is 5.69 Å². The average Bonchev–Trinajstić information content (AvgIpc) is 2.33. The molecule has 1 N–H and O–H groups in total. The molecule has 110 valence electrons. The predicted octanol–water partition coefficient (Wildman–Crippen LogP) is 2.29. The highest BCUT2D eigenvalue weighted by molar-refractivity contribution is 6.33. The van der Waals surface area contributed by atoms with Crippen LogP contribution in [0.5, 0.6) is 0 Å². The molecule has 5 nitrogen and oxygen atoms in total. The third kappa shape index (κ3) is 2.69. The zero-order valence-electron chi connectivity index (χ0n) is 11.6. The predicted molar refractivity (Wildman–Crippen MR) is 78.3 cm³/mol. The number of aromatic nitrogens is 2. The molecule has 1 heterocycles. The second-order valence-corrected chi connectivity index (χ2v) is 6.23. The molecule has 3 rings (SSSR count). The van der Waals surface area contributed by atoms with E-state index in [1.165, 1.54) is 19.3 Å². The Kier molecular flexibility index (Phi) is 3.98. The molecule has 0 atom stereocenters. The number of hydrogen-bond acceptors (Lipinski definition) is 4. The van der Waals surface area contributed by atoms with E-state index in [1.54, 1.807) is 18.0 Å². The van der Waals surface area contributed by atoms with Gasteiger partial charge in [0, 0.05) is 19.7 Å². The first kappa shape index (κ1) is 13.9. The monoisotopic (exact) mass is 297 g/mol. The maximum atomic E-state index is 12.4. The maximum Gasteiger partial charge on any atom is 0.291 e. The summed E-state index contributed by atoms with van der Waals surface area (Å²) < 4.78 is 6.79. The lowest BCUT2D eigenvalue weighted by molar-refractivity contribution is 0.0328. The summed E-state index contributed by atoms with van der Waals surface area (Å²) in [7, 11) is 1.71. The van der Waals surface area contributed by atoms with E-state index in [-0.39, 0.29) is 11.6 Å². The van der Waals surface area contributed by atoms with Crippen molar-refractivity contribution < 1.29 is 4.74 Å². The minimum absolute atomic E-state index is 0.106. The third-order valence-electron chi connectivity index (χ3n) is 4.43. The zero-order chi connectivity index (χ0) is 14.1. The van der Waals surface area contributed by atoms with E-state index in [2.05, 4.69) is 10.4 Å². The number of nitrogens with zero attached hydrogens (tertiary/aromatic N) is 2. The van der Waals surface area contributed by atoms with Gasteiger partial charge in [-0.3, -0.25) is 4.79 Å². The van der Waals surface area contributed by atoms with Gasteiger partial charge in [-0.2, -0.15) is 5.10 Å². The van der Waals surface area contributed by atoms with E-state index in [4.69, 9.17) is 16.3 Å². The van der Waals surface area contributed by atoms with Crippen LogP contribution in [0.15, 0.2) is 11.0 Å². The quantitative estimate of drug-likeness (QED) is 0.906. The molecule has 2 aliphatic carbocycles. The van der Waals surface area contributed by atoms with E-state index in [9.17, 15) is 4.79 Å².